The van der Waals surface area contributed by atoms with Gasteiger partial charge in [-0.15, -0.1) is 10.2 Å². The van der Waals surface area contributed by atoms with Crippen LogP contribution in [0.25, 0.3) is 34.4 Å². The lowest BCUT2D eigenvalue weighted by atomic mass is 9.90. The van der Waals surface area contributed by atoms with Crippen molar-refractivity contribution in [1.82, 2.24) is 58.6 Å². The minimum absolute atomic E-state index is 0.246. The minimum atomic E-state index is -4.50. The average molecular weight is 1070 g/mol. The zero-order valence-corrected chi connectivity index (χ0v) is 41.9. The van der Waals surface area contributed by atoms with Gasteiger partial charge in [0.15, 0.2) is 31.3 Å². The molecule has 0 aliphatic carbocycles. The molecule has 0 amide bonds. The third-order valence-electron chi connectivity index (χ3n) is 12.8. The summed E-state index contributed by atoms with van der Waals surface area (Å²) in [5.74, 6) is 0.273. The fraction of sp³-hybridized carbons (Fsp3) is 0.333. The molecule has 4 atom stereocenters. The minimum Gasteiger partial charge on any atom is -0.479 e. The first-order valence-corrected chi connectivity index (χ1v) is 26.6. The van der Waals surface area contributed by atoms with Crippen molar-refractivity contribution in [2.24, 2.45) is 0 Å². The van der Waals surface area contributed by atoms with E-state index in [0.717, 1.165) is 48.2 Å². The molecule has 2 aliphatic rings. The summed E-state index contributed by atoms with van der Waals surface area (Å²) in [6.45, 7) is 4.31. The van der Waals surface area contributed by atoms with Gasteiger partial charge in [-0.1, -0.05) is 24.3 Å². The molecule has 8 heterocycles. The number of sulfone groups is 2. The Hall–Kier alpha value is -7.48. The second-order valence-corrected chi connectivity index (χ2v) is 22.4. The van der Waals surface area contributed by atoms with Gasteiger partial charge in [0, 0.05) is 38.0 Å². The number of hydrogen-bond donors (Lipinski definition) is 0. The lowest BCUT2D eigenvalue weighted by molar-refractivity contribution is -0.138. The van der Waals surface area contributed by atoms with Crippen LogP contribution in [0.4, 0.5) is 26.3 Å². The van der Waals surface area contributed by atoms with Crippen molar-refractivity contribution in [2.45, 2.75) is 74.5 Å². The van der Waals surface area contributed by atoms with E-state index in [2.05, 4.69) is 40.1 Å². The van der Waals surface area contributed by atoms with E-state index in [0.29, 0.717) is 70.4 Å². The maximum Gasteiger partial charge on any atom is 0.416 e. The van der Waals surface area contributed by atoms with Crippen molar-refractivity contribution in [2.75, 3.05) is 26.7 Å². The number of aryl methyl sites for hydroxylation is 4. The molecule has 10 rings (SSSR count). The third-order valence-corrected chi connectivity index (χ3v) is 16.0. The highest BCUT2D eigenvalue weighted by molar-refractivity contribution is 7.91. The molecule has 74 heavy (non-hydrogen) atoms. The van der Waals surface area contributed by atoms with Gasteiger partial charge < -0.3 is 18.6 Å². The predicted molar refractivity (Wildman–Crippen MR) is 256 cm³/mol. The fourth-order valence-electron chi connectivity index (χ4n) is 9.20. The van der Waals surface area contributed by atoms with E-state index < -0.39 is 65.5 Å². The number of hydrogen-bond acceptors (Lipinski definition) is 14. The molecule has 0 N–H and O–H groups in total. The van der Waals surface area contributed by atoms with Crippen LogP contribution >= 0.6 is 0 Å². The number of halogens is 6. The second-order valence-electron chi connectivity index (χ2n) is 17.8. The SMILES string of the molecule is COc1nc(-c2nc3n(n2)CCC(S(C)(=O)=O)[C@@H]3c2ccc(C(F)(F)F)cc2)ccc1-n1cnc(C)c1.COc1nc(-c2nc3n(n2)CCC(S(C)(=O)=O)[C@H]3c2ccc(C(F)(F)F)cc2)ccc1-n1cnc(C)c1. The molecule has 8 aromatic rings. The van der Waals surface area contributed by atoms with Gasteiger partial charge in [0.25, 0.3) is 0 Å². The summed E-state index contributed by atoms with van der Waals surface area (Å²) in [4.78, 5) is 26.8. The van der Waals surface area contributed by atoms with Gasteiger partial charge in [0.2, 0.25) is 11.8 Å². The summed E-state index contributed by atoms with van der Waals surface area (Å²) >= 11 is 0. The molecule has 388 valence electrons. The van der Waals surface area contributed by atoms with Gasteiger partial charge in [-0.05, 0) is 86.3 Å². The molecule has 18 nitrogen and oxygen atoms in total. The van der Waals surface area contributed by atoms with Gasteiger partial charge >= 0.3 is 12.4 Å². The largest absolute Gasteiger partial charge is 0.479 e. The Morgan fingerprint density at radius 2 is 0.905 bits per heavy atom. The van der Waals surface area contributed by atoms with Crippen LogP contribution in [0.15, 0.2) is 97.8 Å². The molecule has 0 saturated heterocycles. The summed E-state index contributed by atoms with van der Waals surface area (Å²) in [5.41, 5.74) is 2.99. The first-order chi connectivity index (χ1) is 34.9. The van der Waals surface area contributed by atoms with Crippen molar-refractivity contribution in [1.29, 1.82) is 0 Å². The zero-order chi connectivity index (χ0) is 53.1. The molecule has 0 saturated carbocycles. The van der Waals surface area contributed by atoms with Crippen LogP contribution < -0.4 is 9.47 Å². The summed E-state index contributed by atoms with van der Waals surface area (Å²) < 4.78 is 147. The van der Waals surface area contributed by atoms with E-state index in [1.54, 1.807) is 55.4 Å². The van der Waals surface area contributed by atoms with Gasteiger partial charge in [-0.3, -0.25) is 0 Å². The van der Waals surface area contributed by atoms with Crippen LogP contribution in [-0.2, 0) is 45.1 Å². The van der Waals surface area contributed by atoms with Crippen molar-refractivity contribution in [3.63, 3.8) is 0 Å². The number of benzene rings is 2. The number of aromatic nitrogens is 12. The van der Waals surface area contributed by atoms with E-state index in [-0.39, 0.29) is 24.5 Å². The van der Waals surface area contributed by atoms with Crippen molar-refractivity contribution in [3.8, 4) is 46.2 Å². The lowest BCUT2D eigenvalue weighted by Gasteiger charge is -2.30. The quantitative estimate of drug-likeness (QED) is 0.121. The second kappa shape index (κ2) is 19.4. The number of rotatable bonds is 10. The molecule has 26 heteroatoms. The summed E-state index contributed by atoms with van der Waals surface area (Å²) in [5, 5.41) is 7.37. The van der Waals surface area contributed by atoms with Crippen LogP contribution in [0.2, 0.25) is 0 Å². The van der Waals surface area contributed by atoms with Crippen LogP contribution in [-0.4, -0.2) is 113 Å². The Morgan fingerprint density at radius 3 is 1.20 bits per heavy atom. The number of fused-ring (bicyclic) bond motifs is 2. The van der Waals surface area contributed by atoms with Crippen LogP contribution in [0.3, 0.4) is 0 Å². The third kappa shape index (κ3) is 10.4. The molecular formula is C48H46F6N12O6S2. The molecule has 0 bridgehead atoms. The first kappa shape index (κ1) is 51.4. The molecule has 6 aromatic heterocycles. The van der Waals surface area contributed by atoms with Crippen LogP contribution in [0.5, 0.6) is 11.8 Å². The molecule has 0 fully saturated rings. The van der Waals surface area contributed by atoms with E-state index >= 15 is 0 Å². The molecule has 2 aliphatic heterocycles. The van der Waals surface area contributed by atoms with Gasteiger partial charge in [0.1, 0.15) is 34.4 Å². The Morgan fingerprint density at radius 1 is 0.541 bits per heavy atom. The Balaban J connectivity index is 0.000000182. The van der Waals surface area contributed by atoms with E-state index in [4.69, 9.17) is 9.47 Å². The summed E-state index contributed by atoms with van der Waals surface area (Å²) in [6.07, 6.45) is 0.687. The topological polar surface area (TPSA) is 210 Å². The number of imidazole rings is 2. The smallest absolute Gasteiger partial charge is 0.416 e. The van der Waals surface area contributed by atoms with Crippen molar-refractivity contribution < 1.29 is 52.7 Å². The Kier molecular flexibility index (Phi) is 13.5. The van der Waals surface area contributed by atoms with E-state index in [1.807, 2.05) is 26.2 Å². The van der Waals surface area contributed by atoms with E-state index in [9.17, 15) is 43.2 Å². The maximum atomic E-state index is 13.1. The standard InChI is InChI=1S/2C24H23F3N6O3S/c2*1-14-12-32(13-28-14)18-9-8-17(29-23(18)36-2)21-30-22-20(15-4-6-16(7-5-15)24(25,26)27)19(37(3,34)35)10-11-33(22)31-21/h2*4-9,12-13,19-20H,10-11H2,1-3H3/t2*19?,20-/m10/s1. The Bertz CT molecular complexity index is 3360. The number of nitrogens with zero attached hydrogens (tertiary/aromatic N) is 12. The predicted octanol–water partition coefficient (Wildman–Crippen LogP) is 7.62. The number of alkyl halides is 6. The molecule has 2 unspecified atom stereocenters. The highest BCUT2D eigenvalue weighted by atomic mass is 32.2. The monoisotopic (exact) mass is 1060 g/mol. The normalized spacial score (nSPS) is 18.0. The van der Waals surface area contributed by atoms with Gasteiger partial charge in [-0.2, -0.15) is 26.3 Å². The van der Waals surface area contributed by atoms with E-state index in [1.165, 1.54) is 38.5 Å². The lowest BCUT2D eigenvalue weighted by Crippen LogP contribution is -2.36. The average Bonchev–Trinajstić information content (AvgIpc) is 4.19. The Labute approximate surface area is 420 Å². The summed E-state index contributed by atoms with van der Waals surface area (Å²) in [6, 6.07) is 16.0. The highest BCUT2D eigenvalue weighted by Gasteiger charge is 2.42. The molecule has 0 spiro atoms. The molecular weight excluding hydrogens is 1020 g/mol. The van der Waals surface area contributed by atoms with Gasteiger partial charge in [-0.25, -0.2) is 56.1 Å². The van der Waals surface area contributed by atoms with Crippen LogP contribution in [0.1, 0.15) is 70.0 Å². The molecule has 2 aromatic carbocycles. The van der Waals surface area contributed by atoms with Crippen LogP contribution in [0, 0.1) is 13.8 Å². The molecule has 0 radical (unpaired) electrons. The fourth-order valence-corrected chi connectivity index (χ4v) is 11.8. The van der Waals surface area contributed by atoms with Gasteiger partial charge in [0.05, 0.1) is 71.7 Å². The number of methoxy groups -OCH3 is 2. The number of ether oxygens (including phenoxy) is 2. The maximum absolute atomic E-state index is 13.1. The zero-order valence-electron chi connectivity index (χ0n) is 40.3. The number of pyridine rings is 2. The first-order valence-electron chi connectivity index (χ1n) is 22.7. The van der Waals surface area contributed by atoms with Crippen molar-refractivity contribution >= 4 is 19.7 Å². The highest BCUT2D eigenvalue weighted by Crippen LogP contribution is 2.41. The summed E-state index contributed by atoms with van der Waals surface area (Å²) in [7, 11) is -4.13. The van der Waals surface area contributed by atoms with Crippen molar-refractivity contribution in [3.05, 3.63) is 143 Å².